The Morgan fingerprint density at radius 2 is 2.10 bits per heavy atom. The number of aliphatic carboxylic acids is 1. The van der Waals surface area contributed by atoms with Crippen molar-refractivity contribution in [2.75, 3.05) is 5.32 Å². The zero-order valence-corrected chi connectivity index (χ0v) is 12.2. The molecule has 1 aromatic rings. The molecule has 0 saturated heterocycles. The van der Waals surface area contributed by atoms with E-state index in [0.717, 1.165) is 0 Å². The third-order valence-corrected chi connectivity index (χ3v) is 2.85. The Bertz CT molecular complexity index is 626. The molecule has 0 spiro atoms. The van der Waals surface area contributed by atoms with Gasteiger partial charge in [0.15, 0.2) is 0 Å². The minimum atomic E-state index is -1.44. The fourth-order valence-electron chi connectivity index (χ4n) is 1.44. The first-order chi connectivity index (χ1) is 9.83. The zero-order valence-electron chi connectivity index (χ0n) is 10.6. The van der Waals surface area contributed by atoms with Gasteiger partial charge in [-0.05, 0) is 18.2 Å². The second-order valence-corrected chi connectivity index (χ2v) is 4.88. The van der Waals surface area contributed by atoms with Gasteiger partial charge in [0.2, 0.25) is 5.91 Å². The summed E-state index contributed by atoms with van der Waals surface area (Å²) in [6.45, 7) is 0. The molecule has 0 fully saturated rings. The molecule has 1 rings (SSSR count). The van der Waals surface area contributed by atoms with Gasteiger partial charge in [0, 0.05) is 4.47 Å². The van der Waals surface area contributed by atoms with Crippen molar-refractivity contribution in [1.29, 1.82) is 5.26 Å². The molecule has 5 N–H and O–H groups in total. The monoisotopic (exact) mass is 354 g/mol. The van der Waals surface area contributed by atoms with Crippen molar-refractivity contribution in [3.05, 3.63) is 28.2 Å². The molecular formula is C12H11BrN4O4. The Labute approximate surface area is 128 Å². The Hall–Kier alpha value is -2.60. The Morgan fingerprint density at radius 3 is 2.62 bits per heavy atom. The van der Waals surface area contributed by atoms with Crippen molar-refractivity contribution in [3.63, 3.8) is 0 Å². The van der Waals surface area contributed by atoms with Gasteiger partial charge in [0.25, 0.3) is 0 Å². The number of amides is 3. The standard InChI is InChI=1S/C12H11BrN4O4/c13-7-2-1-6(5-14)8(3-7)16-12(21)17-9(11(19)20)4-10(15)18/h1-3,9H,4H2,(H2,15,18)(H,19,20)(H2,16,17,21)/t9-/m0/s1. The van der Waals surface area contributed by atoms with E-state index < -0.39 is 30.4 Å². The maximum absolute atomic E-state index is 11.7. The molecule has 0 aliphatic rings. The van der Waals surface area contributed by atoms with E-state index in [1.165, 1.54) is 12.1 Å². The highest BCUT2D eigenvalue weighted by Gasteiger charge is 2.22. The topological polar surface area (TPSA) is 145 Å². The first-order valence-corrected chi connectivity index (χ1v) is 6.41. The quantitative estimate of drug-likeness (QED) is 0.616. The van der Waals surface area contributed by atoms with E-state index in [1.807, 2.05) is 6.07 Å². The number of urea groups is 1. The number of halogens is 1. The van der Waals surface area contributed by atoms with Crippen molar-refractivity contribution >= 4 is 39.5 Å². The number of nitrogens with zero attached hydrogens (tertiary/aromatic N) is 1. The van der Waals surface area contributed by atoms with E-state index in [-0.39, 0.29) is 11.3 Å². The van der Waals surface area contributed by atoms with E-state index in [0.29, 0.717) is 4.47 Å². The van der Waals surface area contributed by atoms with Crippen LogP contribution in [0.5, 0.6) is 0 Å². The van der Waals surface area contributed by atoms with Crippen molar-refractivity contribution < 1.29 is 19.5 Å². The molecule has 0 bridgehead atoms. The van der Waals surface area contributed by atoms with Crippen molar-refractivity contribution in [3.8, 4) is 6.07 Å². The second-order valence-electron chi connectivity index (χ2n) is 3.96. The number of anilines is 1. The summed E-state index contributed by atoms with van der Waals surface area (Å²) < 4.78 is 0.628. The number of nitrogens with one attached hydrogen (secondary N) is 2. The van der Waals surface area contributed by atoms with Gasteiger partial charge >= 0.3 is 12.0 Å². The second kappa shape index (κ2) is 7.25. The zero-order chi connectivity index (χ0) is 16.0. The fourth-order valence-corrected chi connectivity index (χ4v) is 1.80. The van der Waals surface area contributed by atoms with E-state index >= 15 is 0 Å². The van der Waals surface area contributed by atoms with E-state index in [1.54, 1.807) is 6.07 Å². The fraction of sp³-hybridized carbons (Fsp3) is 0.167. The molecule has 8 nitrogen and oxygen atoms in total. The molecule has 9 heteroatoms. The van der Waals surface area contributed by atoms with E-state index in [2.05, 4.69) is 26.6 Å². The number of rotatable bonds is 5. The predicted molar refractivity (Wildman–Crippen MR) is 76.2 cm³/mol. The molecule has 0 radical (unpaired) electrons. The highest BCUT2D eigenvalue weighted by molar-refractivity contribution is 9.10. The van der Waals surface area contributed by atoms with Gasteiger partial charge in [0.05, 0.1) is 17.7 Å². The largest absolute Gasteiger partial charge is 0.480 e. The molecule has 110 valence electrons. The number of carboxylic acids is 1. The minimum absolute atomic E-state index is 0.201. The molecule has 3 amide bonds. The predicted octanol–water partition coefficient (Wildman–Crippen LogP) is 0.771. The summed E-state index contributed by atoms with van der Waals surface area (Å²) >= 11 is 3.19. The molecule has 1 atom stereocenters. The van der Waals surface area contributed by atoms with Crippen LogP contribution >= 0.6 is 15.9 Å². The SMILES string of the molecule is N#Cc1ccc(Br)cc1NC(=O)N[C@@H](CC(N)=O)C(=O)O. The van der Waals surface area contributed by atoms with Crippen LogP contribution in [0.15, 0.2) is 22.7 Å². The average molecular weight is 355 g/mol. The lowest BCUT2D eigenvalue weighted by atomic mass is 10.2. The summed E-state index contributed by atoms with van der Waals surface area (Å²) in [6, 6.07) is 4.17. The average Bonchev–Trinajstić information content (AvgIpc) is 2.37. The number of hydrogen-bond donors (Lipinski definition) is 4. The number of hydrogen-bond acceptors (Lipinski definition) is 4. The normalized spacial score (nSPS) is 11.0. The summed E-state index contributed by atoms with van der Waals surface area (Å²) in [5.41, 5.74) is 5.31. The lowest BCUT2D eigenvalue weighted by Gasteiger charge is -2.14. The third kappa shape index (κ3) is 5.12. The number of carboxylic acid groups (broad SMARTS) is 1. The lowest BCUT2D eigenvalue weighted by molar-refractivity contribution is -0.140. The van der Waals surface area contributed by atoms with Crippen LogP contribution in [0.2, 0.25) is 0 Å². The Kier molecular flexibility index (Phi) is 5.68. The third-order valence-electron chi connectivity index (χ3n) is 2.36. The van der Waals surface area contributed by atoms with Crippen LogP contribution in [0, 0.1) is 11.3 Å². The van der Waals surface area contributed by atoms with Crippen LogP contribution in [0.1, 0.15) is 12.0 Å². The van der Waals surface area contributed by atoms with E-state index in [9.17, 15) is 14.4 Å². The smallest absolute Gasteiger partial charge is 0.326 e. The van der Waals surface area contributed by atoms with Crippen LogP contribution in [0.4, 0.5) is 10.5 Å². The van der Waals surface area contributed by atoms with Gasteiger partial charge in [-0.1, -0.05) is 15.9 Å². The number of primary amides is 1. The Balaban J connectivity index is 2.81. The molecule has 0 aliphatic heterocycles. The summed E-state index contributed by atoms with van der Waals surface area (Å²) in [4.78, 5) is 33.4. The molecule has 0 heterocycles. The molecule has 0 aliphatic carbocycles. The van der Waals surface area contributed by atoms with Crippen molar-refractivity contribution in [2.45, 2.75) is 12.5 Å². The van der Waals surface area contributed by atoms with Gasteiger partial charge in [0.1, 0.15) is 12.1 Å². The van der Waals surface area contributed by atoms with Crippen LogP contribution in [-0.4, -0.2) is 29.1 Å². The minimum Gasteiger partial charge on any atom is -0.480 e. The Morgan fingerprint density at radius 1 is 1.43 bits per heavy atom. The summed E-state index contributed by atoms with van der Waals surface area (Å²) in [7, 11) is 0. The van der Waals surface area contributed by atoms with Crippen LogP contribution in [-0.2, 0) is 9.59 Å². The van der Waals surface area contributed by atoms with Gasteiger partial charge in [-0.2, -0.15) is 5.26 Å². The number of benzene rings is 1. The first kappa shape index (κ1) is 16.5. The maximum atomic E-state index is 11.7. The van der Waals surface area contributed by atoms with Crippen LogP contribution < -0.4 is 16.4 Å². The highest BCUT2D eigenvalue weighted by atomic mass is 79.9. The van der Waals surface area contributed by atoms with Crippen molar-refractivity contribution in [1.82, 2.24) is 5.32 Å². The number of nitriles is 1. The summed E-state index contributed by atoms with van der Waals surface area (Å²) in [5, 5.41) is 22.2. The maximum Gasteiger partial charge on any atom is 0.326 e. The molecular weight excluding hydrogens is 344 g/mol. The highest BCUT2D eigenvalue weighted by Crippen LogP contribution is 2.20. The van der Waals surface area contributed by atoms with Gasteiger partial charge < -0.3 is 21.5 Å². The molecule has 0 aromatic heterocycles. The van der Waals surface area contributed by atoms with Crippen LogP contribution in [0.25, 0.3) is 0 Å². The first-order valence-electron chi connectivity index (χ1n) is 5.61. The summed E-state index contributed by atoms with van der Waals surface area (Å²) in [6.07, 6.45) is -0.535. The number of nitrogens with two attached hydrogens (primary N) is 1. The number of carbonyl (C=O) groups is 3. The molecule has 0 unspecified atom stereocenters. The lowest BCUT2D eigenvalue weighted by Crippen LogP contribution is -2.45. The van der Waals surface area contributed by atoms with Crippen LogP contribution in [0.3, 0.4) is 0 Å². The molecule has 0 saturated carbocycles. The molecule has 1 aromatic carbocycles. The van der Waals surface area contributed by atoms with Crippen molar-refractivity contribution in [2.24, 2.45) is 5.73 Å². The van der Waals surface area contributed by atoms with Gasteiger partial charge in [-0.25, -0.2) is 9.59 Å². The summed E-state index contributed by atoms with van der Waals surface area (Å²) in [5.74, 6) is -2.25. The molecule has 21 heavy (non-hydrogen) atoms. The number of carbonyl (C=O) groups excluding carboxylic acids is 2. The van der Waals surface area contributed by atoms with E-state index in [4.69, 9.17) is 16.1 Å². The van der Waals surface area contributed by atoms with Gasteiger partial charge in [-0.15, -0.1) is 0 Å². The van der Waals surface area contributed by atoms with Gasteiger partial charge in [-0.3, -0.25) is 4.79 Å².